The van der Waals surface area contributed by atoms with Gasteiger partial charge in [0.15, 0.2) is 0 Å². The summed E-state index contributed by atoms with van der Waals surface area (Å²) in [4.78, 5) is 11.5. The van der Waals surface area contributed by atoms with Crippen molar-refractivity contribution in [3.8, 4) is 6.07 Å². The first-order chi connectivity index (χ1) is 7.17. The average Bonchev–Trinajstić information content (AvgIpc) is 2.26. The molecule has 4 heteroatoms. The van der Waals surface area contributed by atoms with Gasteiger partial charge in [0.1, 0.15) is 11.8 Å². The Morgan fingerprint density at radius 1 is 1.47 bits per heavy atom. The number of nitriles is 1. The van der Waals surface area contributed by atoms with Crippen LogP contribution < -0.4 is 5.32 Å². The molecule has 1 amide bonds. The van der Waals surface area contributed by atoms with Gasteiger partial charge in [-0.2, -0.15) is 5.26 Å². The van der Waals surface area contributed by atoms with Crippen molar-refractivity contribution in [2.24, 2.45) is 0 Å². The number of allylic oxidation sites excluding steroid dienone is 1. The molecule has 0 saturated heterocycles. The van der Waals surface area contributed by atoms with E-state index < -0.39 is 0 Å². The van der Waals surface area contributed by atoms with Gasteiger partial charge in [0, 0.05) is 11.1 Å². The van der Waals surface area contributed by atoms with Crippen molar-refractivity contribution in [3.05, 3.63) is 46.6 Å². The van der Waals surface area contributed by atoms with Crippen molar-refractivity contribution >= 4 is 17.5 Å². The number of nitrogens with zero attached hydrogens (tertiary/aromatic N) is 1. The fourth-order valence-electron chi connectivity index (χ4n) is 0.979. The second kappa shape index (κ2) is 5.18. The lowest BCUT2D eigenvalue weighted by molar-refractivity contribution is 0.0967. The molecule has 1 aromatic carbocycles. The van der Waals surface area contributed by atoms with Gasteiger partial charge in [0.25, 0.3) is 5.91 Å². The van der Waals surface area contributed by atoms with Crippen LogP contribution in [0.5, 0.6) is 0 Å². The quantitative estimate of drug-likeness (QED) is 0.778. The molecule has 0 atom stereocenters. The first-order valence-electron chi connectivity index (χ1n) is 4.26. The van der Waals surface area contributed by atoms with E-state index in [4.69, 9.17) is 16.9 Å². The number of nitrogens with one attached hydrogen (secondary N) is 1. The first-order valence-corrected chi connectivity index (χ1v) is 4.69. The van der Waals surface area contributed by atoms with E-state index in [1.54, 1.807) is 18.2 Å². The van der Waals surface area contributed by atoms with E-state index in [-0.39, 0.29) is 11.6 Å². The molecule has 0 aliphatic heterocycles. The molecular weight excluding hydrogens is 212 g/mol. The highest BCUT2D eigenvalue weighted by atomic mass is 35.5. The van der Waals surface area contributed by atoms with E-state index in [9.17, 15) is 4.79 Å². The van der Waals surface area contributed by atoms with E-state index in [0.717, 1.165) is 11.1 Å². The normalized spacial score (nSPS) is 10.6. The lowest BCUT2D eigenvalue weighted by Crippen LogP contribution is -2.21. The Morgan fingerprint density at radius 2 is 2.07 bits per heavy atom. The highest BCUT2D eigenvalue weighted by Crippen LogP contribution is 2.03. The molecule has 1 N–H and O–H groups in total. The van der Waals surface area contributed by atoms with Gasteiger partial charge in [-0.15, -0.1) is 0 Å². The largest absolute Gasteiger partial charge is 0.312 e. The van der Waals surface area contributed by atoms with Crippen molar-refractivity contribution in [1.29, 1.82) is 5.26 Å². The molecule has 0 saturated carbocycles. The Bertz CT molecular complexity index is 429. The van der Waals surface area contributed by atoms with Crippen LogP contribution in [0.15, 0.2) is 35.5 Å². The number of carbonyl (C=O) groups excluding carboxylic acids is 1. The molecule has 0 aliphatic rings. The second-order valence-electron chi connectivity index (χ2n) is 2.95. The van der Waals surface area contributed by atoms with E-state index in [1.165, 1.54) is 0 Å². The van der Waals surface area contributed by atoms with Crippen LogP contribution in [-0.2, 0) is 0 Å². The molecule has 0 unspecified atom stereocenters. The van der Waals surface area contributed by atoms with Crippen LogP contribution in [0.1, 0.15) is 15.9 Å². The van der Waals surface area contributed by atoms with Gasteiger partial charge < -0.3 is 5.32 Å². The van der Waals surface area contributed by atoms with Crippen LogP contribution in [-0.4, -0.2) is 5.91 Å². The molecule has 0 spiro atoms. The summed E-state index contributed by atoms with van der Waals surface area (Å²) >= 11 is 5.33. The van der Waals surface area contributed by atoms with Gasteiger partial charge in [-0.05, 0) is 19.1 Å². The van der Waals surface area contributed by atoms with Crippen LogP contribution in [0.2, 0.25) is 0 Å². The maximum Gasteiger partial charge on any atom is 0.256 e. The molecule has 0 aliphatic carbocycles. The van der Waals surface area contributed by atoms with Crippen molar-refractivity contribution in [3.63, 3.8) is 0 Å². The first kappa shape index (κ1) is 11.3. The summed E-state index contributed by atoms with van der Waals surface area (Å²) in [6.45, 7) is 1.93. The van der Waals surface area contributed by atoms with Crippen LogP contribution >= 0.6 is 11.6 Å². The Kier molecular flexibility index (Phi) is 3.90. The molecule has 0 bridgehead atoms. The number of rotatable bonds is 2. The molecule has 0 radical (unpaired) electrons. The molecule has 0 heterocycles. The SMILES string of the molecule is Cc1ccc(C(=O)N/C(C#N)=C/Cl)cc1. The summed E-state index contributed by atoms with van der Waals surface area (Å²) in [6.07, 6.45) is 0. The van der Waals surface area contributed by atoms with E-state index in [1.807, 2.05) is 19.1 Å². The number of amides is 1. The zero-order valence-corrected chi connectivity index (χ0v) is 8.88. The van der Waals surface area contributed by atoms with Gasteiger partial charge in [-0.25, -0.2) is 0 Å². The Balaban J connectivity index is 2.79. The summed E-state index contributed by atoms with van der Waals surface area (Å²) in [5.74, 6) is -0.344. The smallest absolute Gasteiger partial charge is 0.256 e. The summed E-state index contributed by atoms with van der Waals surface area (Å²) in [6, 6.07) is 8.79. The monoisotopic (exact) mass is 220 g/mol. The maximum atomic E-state index is 11.5. The van der Waals surface area contributed by atoms with Crippen molar-refractivity contribution in [2.75, 3.05) is 0 Å². The number of aryl methyl sites for hydroxylation is 1. The van der Waals surface area contributed by atoms with E-state index >= 15 is 0 Å². The molecule has 15 heavy (non-hydrogen) atoms. The van der Waals surface area contributed by atoms with Crippen LogP contribution in [0, 0.1) is 18.3 Å². The molecule has 3 nitrogen and oxygen atoms in total. The topological polar surface area (TPSA) is 52.9 Å². The van der Waals surface area contributed by atoms with Crippen molar-refractivity contribution < 1.29 is 4.79 Å². The van der Waals surface area contributed by atoms with E-state index in [2.05, 4.69) is 5.32 Å². The summed E-state index contributed by atoms with van der Waals surface area (Å²) in [7, 11) is 0. The lowest BCUT2D eigenvalue weighted by Gasteiger charge is -2.02. The third-order valence-corrected chi connectivity index (χ3v) is 2.01. The number of carbonyl (C=O) groups is 1. The van der Waals surface area contributed by atoms with Crippen molar-refractivity contribution in [1.82, 2.24) is 5.32 Å². The predicted octanol–water partition coefficient (Wildman–Crippen LogP) is 2.33. The second-order valence-corrected chi connectivity index (χ2v) is 3.17. The summed E-state index contributed by atoms with van der Waals surface area (Å²) in [5.41, 5.74) is 2.63. The summed E-state index contributed by atoms with van der Waals surface area (Å²) < 4.78 is 0. The molecule has 0 aromatic heterocycles. The van der Waals surface area contributed by atoms with Gasteiger partial charge in [0.05, 0.1) is 0 Å². The highest BCUT2D eigenvalue weighted by Gasteiger charge is 2.06. The molecular formula is C11H9ClN2O. The van der Waals surface area contributed by atoms with Gasteiger partial charge in [0.2, 0.25) is 0 Å². The minimum Gasteiger partial charge on any atom is -0.312 e. The number of hydrogen-bond donors (Lipinski definition) is 1. The molecule has 76 valence electrons. The lowest BCUT2D eigenvalue weighted by atomic mass is 10.1. The predicted molar refractivity (Wildman–Crippen MR) is 58.2 cm³/mol. The van der Waals surface area contributed by atoms with Crippen molar-refractivity contribution in [2.45, 2.75) is 6.92 Å². The molecule has 1 rings (SSSR count). The number of halogens is 1. The fourth-order valence-corrected chi connectivity index (χ4v) is 1.08. The van der Waals surface area contributed by atoms with Crippen LogP contribution in [0.4, 0.5) is 0 Å². The van der Waals surface area contributed by atoms with Crippen LogP contribution in [0.3, 0.4) is 0 Å². The fraction of sp³-hybridized carbons (Fsp3) is 0.0909. The Hall–Kier alpha value is -1.79. The average molecular weight is 221 g/mol. The van der Waals surface area contributed by atoms with Gasteiger partial charge in [-0.3, -0.25) is 4.79 Å². The Labute approximate surface area is 93.0 Å². The number of hydrogen-bond acceptors (Lipinski definition) is 2. The third-order valence-electron chi connectivity index (χ3n) is 1.79. The third kappa shape index (κ3) is 3.12. The van der Waals surface area contributed by atoms with Gasteiger partial charge in [-0.1, -0.05) is 29.3 Å². The van der Waals surface area contributed by atoms with E-state index in [0.29, 0.717) is 5.56 Å². The zero-order valence-electron chi connectivity index (χ0n) is 8.12. The highest BCUT2D eigenvalue weighted by molar-refractivity contribution is 6.26. The minimum atomic E-state index is -0.344. The summed E-state index contributed by atoms with van der Waals surface area (Å²) in [5, 5.41) is 10.9. The zero-order chi connectivity index (χ0) is 11.3. The maximum absolute atomic E-state index is 11.5. The Morgan fingerprint density at radius 3 is 2.53 bits per heavy atom. The van der Waals surface area contributed by atoms with Crippen LogP contribution in [0.25, 0.3) is 0 Å². The standard InChI is InChI=1S/C11H9ClN2O/c1-8-2-4-9(5-3-8)11(15)14-10(6-12)7-13/h2-6H,1H3,(H,14,15)/b10-6+. The molecule has 0 fully saturated rings. The van der Waals surface area contributed by atoms with Gasteiger partial charge >= 0.3 is 0 Å². The number of benzene rings is 1. The minimum absolute atomic E-state index is 0.0299. The molecule has 1 aromatic rings.